The van der Waals surface area contributed by atoms with Crippen molar-refractivity contribution in [3.63, 3.8) is 0 Å². The fourth-order valence-corrected chi connectivity index (χ4v) is 1.59. The maximum atomic E-state index is 5.74. The standard InChI is InChI=1S/C12H14N4O/c1-16(9-6-4-3-5-7-9)12-10(17-2)11(13)14-8-15-12/h3-8H,1-2H3,(H2,13,14,15). The summed E-state index contributed by atoms with van der Waals surface area (Å²) in [4.78, 5) is 10.00. The van der Waals surface area contributed by atoms with Gasteiger partial charge in [-0.15, -0.1) is 0 Å². The predicted octanol–water partition coefficient (Wildman–Crippen LogP) is 1.84. The monoisotopic (exact) mass is 230 g/mol. The van der Waals surface area contributed by atoms with Gasteiger partial charge in [0.05, 0.1) is 7.11 Å². The summed E-state index contributed by atoms with van der Waals surface area (Å²) in [5.41, 5.74) is 6.75. The lowest BCUT2D eigenvalue weighted by Crippen LogP contribution is -2.13. The Morgan fingerprint density at radius 2 is 1.88 bits per heavy atom. The van der Waals surface area contributed by atoms with Crippen molar-refractivity contribution in [3.8, 4) is 5.75 Å². The minimum atomic E-state index is 0.334. The molecule has 0 aliphatic heterocycles. The van der Waals surface area contributed by atoms with Gasteiger partial charge in [0.2, 0.25) is 5.75 Å². The molecule has 0 aliphatic rings. The summed E-state index contributed by atoms with van der Waals surface area (Å²) in [7, 11) is 3.46. The van der Waals surface area contributed by atoms with Crippen molar-refractivity contribution in [2.75, 3.05) is 24.8 Å². The molecule has 5 heteroatoms. The molecule has 1 heterocycles. The molecule has 17 heavy (non-hydrogen) atoms. The average Bonchev–Trinajstić information content (AvgIpc) is 2.38. The molecule has 5 nitrogen and oxygen atoms in total. The number of hydrogen-bond acceptors (Lipinski definition) is 5. The van der Waals surface area contributed by atoms with Gasteiger partial charge in [-0.05, 0) is 12.1 Å². The van der Waals surface area contributed by atoms with Gasteiger partial charge in [-0.2, -0.15) is 0 Å². The quantitative estimate of drug-likeness (QED) is 0.871. The first-order valence-corrected chi connectivity index (χ1v) is 5.17. The molecule has 1 aromatic heterocycles. The molecule has 0 aliphatic carbocycles. The number of nitrogen functional groups attached to an aromatic ring is 1. The third-order valence-electron chi connectivity index (χ3n) is 2.48. The van der Waals surface area contributed by atoms with E-state index in [2.05, 4.69) is 9.97 Å². The zero-order valence-corrected chi connectivity index (χ0v) is 9.79. The Hall–Kier alpha value is -2.30. The molecule has 0 atom stereocenters. The van der Waals surface area contributed by atoms with Crippen molar-refractivity contribution in [2.24, 2.45) is 0 Å². The van der Waals surface area contributed by atoms with Crippen molar-refractivity contribution in [1.82, 2.24) is 9.97 Å². The van der Waals surface area contributed by atoms with Gasteiger partial charge in [-0.25, -0.2) is 9.97 Å². The Kier molecular flexibility index (Phi) is 3.09. The number of nitrogens with two attached hydrogens (primary N) is 1. The highest BCUT2D eigenvalue weighted by Crippen LogP contribution is 2.32. The van der Waals surface area contributed by atoms with Gasteiger partial charge < -0.3 is 15.4 Å². The number of hydrogen-bond donors (Lipinski definition) is 1. The molecule has 0 saturated heterocycles. The van der Waals surface area contributed by atoms with Crippen LogP contribution in [0, 0.1) is 0 Å². The van der Waals surface area contributed by atoms with Crippen LogP contribution in [0.5, 0.6) is 5.75 Å². The minimum Gasteiger partial charge on any atom is -0.490 e. The summed E-state index contributed by atoms with van der Waals surface area (Å²) < 4.78 is 5.23. The number of anilines is 3. The second-order valence-corrected chi connectivity index (χ2v) is 3.51. The summed E-state index contributed by atoms with van der Waals surface area (Å²) in [6.45, 7) is 0. The fraction of sp³-hybridized carbons (Fsp3) is 0.167. The summed E-state index contributed by atoms with van der Waals surface area (Å²) in [6, 6.07) is 9.85. The van der Waals surface area contributed by atoms with E-state index in [1.807, 2.05) is 42.3 Å². The first-order chi connectivity index (χ1) is 8.24. The average molecular weight is 230 g/mol. The van der Waals surface area contributed by atoms with Gasteiger partial charge in [0.1, 0.15) is 6.33 Å². The molecular weight excluding hydrogens is 216 g/mol. The first kappa shape index (κ1) is 11.2. The Balaban J connectivity index is 2.44. The molecule has 2 N–H and O–H groups in total. The number of ether oxygens (including phenoxy) is 1. The summed E-state index contributed by atoms with van der Waals surface area (Å²) in [6.07, 6.45) is 1.42. The third-order valence-corrected chi connectivity index (χ3v) is 2.48. The number of para-hydroxylation sites is 1. The Morgan fingerprint density at radius 3 is 2.53 bits per heavy atom. The second-order valence-electron chi connectivity index (χ2n) is 3.51. The first-order valence-electron chi connectivity index (χ1n) is 5.17. The van der Waals surface area contributed by atoms with Crippen LogP contribution in [0.3, 0.4) is 0 Å². The number of nitrogens with zero attached hydrogens (tertiary/aromatic N) is 3. The van der Waals surface area contributed by atoms with E-state index >= 15 is 0 Å². The minimum absolute atomic E-state index is 0.334. The highest BCUT2D eigenvalue weighted by atomic mass is 16.5. The van der Waals surface area contributed by atoms with E-state index in [1.165, 1.54) is 6.33 Å². The smallest absolute Gasteiger partial charge is 0.204 e. The van der Waals surface area contributed by atoms with Gasteiger partial charge in [-0.3, -0.25) is 0 Å². The maximum Gasteiger partial charge on any atom is 0.204 e. The molecule has 0 fully saturated rings. The van der Waals surface area contributed by atoms with E-state index in [-0.39, 0.29) is 0 Å². The molecule has 0 amide bonds. The number of benzene rings is 1. The molecular formula is C12H14N4O. The molecule has 88 valence electrons. The van der Waals surface area contributed by atoms with Crippen LogP contribution in [0.1, 0.15) is 0 Å². The highest BCUT2D eigenvalue weighted by Gasteiger charge is 2.14. The molecule has 1 aromatic carbocycles. The van der Waals surface area contributed by atoms with E-state index < -0.39 is 0 Å². The zero-order chi connectivity index (χ0) is 12.3. The van der Waals surface area contributed by atoms with Crippen molar-refractivity contribution >= 4 is 17.3 Å². The van der Waals surface area contributed by atoms with Crippen LogP contribution in [0.15, 0.2) is 36.7 Å². The molecule has 2 rings (SSSR count). The van der Waals surface area contributed by atoms with Gasteiger partial charge in [0.25, 0.3) is 0 Å². The number of methoxy groups -OCH3 is 1. The topological polar surface area (TPSA) is 64.3 Å². The lowest BCUT2D eigenvalue weighted by Gasteiger charge is -2.20. The van der Waals surface area contributed by atoms with E-state index in [4.69, 9.17) is 10.5 Å². The van der Waals surface area contributed by atoms with Crippen molar-refractivity contribution in [2.45, 2.75) is 0 Å². The second kappa shape index (κ2) is 4.69. The lowest BCUT2D eigenvalue weighted by atomic mass is 10.3. The molecule has 0 spiro atoms. The maximum absolute atomic E-state index is 5.74. The lowest BCUT2D eigenvalue weighted by molar-refractivity contribution is 0.414. The van der Waals surface area contributed by atoms with Gasteiger partial charge in [-0.1, -0.05) is 18.2 Å². The van der Waals surface area contributed by atoms with Crippen LogP contribution in [0.4, 0.5) is 17.3 Å². The van der Waals surface area contributed by atoms with Gasteiger partial charge in [0, 0.05) is 12.7 Å². The summed E-state index contributed by atoms with van der Waals surface area (Å²) in [5.74, 6) is 1.46. The third kappa shape index (κ3) is 2.13. The van der Waals surface area contributed by atoms with E-state index in [0.29, 0.717) is 17.4 Å². The van der Waals surface area contributed by atoms with E-state index in [0.717, 1.165) is 5.69 Å². The van der Waals surface area contributed by atoms with Crippen molar-refractivity contribution < 1.29 is 4.74 Å². The van der Waals surface area contributed by atoms with Crippen LogP contribution in [-0.2, 0) is 0 Å². The molecule has 0 unspecified atom stereocenters. The predicted molar refractivity (Wildman–Crippen MR) is 67.5 cm³/mol. The van der Waals surface area contributed by atoms with Gasteiger partial charge in [0.15, 0.2) is 11.6 Å². The van der Waals surface area contributed by atoms with Gasteiger partial charge >= 0.3 is 0 Å². The van der Waals surface area contributed by atoms with Crippen LogP contribution in [-0.4, -0.2) is 24.1 Å². The highest BCUT2D eigenvalue weighted by molar-refractivity contribution is 5.69. The Bertz CT molecular complexity index is 501. The molecule has 2 aromatic rings. The number of aromatic nitrogens is 2. The number of rotatable bonds is 3. The Labute approximate surface area is 99.9 Å². The normalized spacial score (nSPS) is 10.0. The molecule has 0 bridgehead atoms. The van der Waals surface area contributed by atoms with Crippen LogP contribution in [0.2, 0.25) is 0 Å². The summed E-state index contributed by atoms with van der Waals surface area (Å²) >= 11 is 0. The fourth-order valence-electron chi connectivity index (χ4n) is 1.59. The van der Waals surface area contributed by atoms with Crippen LogP contribution in [0.25, 0.3) is 0 Å². The Morgan fingerprint density at radius 1 is 1.18 bits per heavy atom. The van der Waals surface area contributed by atoms with Crippen molar-refractivity contribution in [1.29, 1.82) is 0 Å². The zero-order valence-electron chi connectivity index (χ0n) is 9.79. The van der Waals surface area contributed by atoms with Crippen LogP contribution >= 0.6 is 0 Å². The molecule has 0 radical (unpaired) electrons. The van der Waals surface area contributed by atoms with E-state index in [1.54, 1.807) is 7.11 Å². The molecule has 0 saturated carbocycles. The van der Waals surface area contributed by atoms with Crippen molar-refractivity contribution in [3.05, 3.63) is 36.7 Å². The summed E-state index contributed by atoms with van der Waals surface area (Å²) in [5, 5.41) is 0. The van der Waals surface area contributed by atoms with Crippen LogP contribution < -0.4 is 15.4 Å². The SMILES string of the molecule is COc1c(N)ncnc1N(C)c1ccccc1. The van der Waals surface area contributed by atoms with E-state index in [9.17, 15) is 0 Å². The largest absolute Gasteiger partial charge is 0.490 e.